The Kier molecular flexibility index (Phi) is 8.19. The van der Waals surface area contributed by atoms with Gasteiger partial charge in [0.25, 0.3) is 0 Å². The zero-order valence-electron chi connectivity index (χ0n) is 20.6. The minimum absolute atomic E-state index is 0.103. The molecule has 34 heavy (non-hydrogen) atoms. The number of amides is 2. The number of anilines is 1. The van der Waals surface area contributed by atoms with Crippen molar-refractivity contribution in [2.45, 2.75) is 70.9 Å². The zero-order valence-corrected chi connectivity index (χ0v) is 22.3. The van der Waals surface area contributed by atoms with Gasteiger partial charge >= 0.3 is 6.09 Å². The Labute approximate surface area is 208 Å². The van der Waals surface area contributed by atoms with Crippen molar-refractivity contribution in [3.63, 3.8) is 0 Å². The Bertz CT molecular complexity index is 1170. The van der Waals surface area contributed by atoms with Gasteiger partial charge in [-0.1, -0.05) is 49.1 Å². The molecule has 11 heteroatoms. The van der Waals surface area contributed by atoms with E-state index in [1.807, 2.05) is 52.8 Å². The summed E-state index contributed by atoms with van der Waals surface area (Å²) >= 11 is 2.69. The van der Waals surface area contributed by atoms with Gasteiger partial charge in [0.1, 0.15) is 5.60 Å². The molecule has 2 amide bonds. The molecule has 0 aliphatic carbocycles. The van der Waals surface area contributed by atoms with Crippen molar-refractivity contribution in [3.8, 4) is 0 Å². The molecule has 1 unspecified atom stereocenters. The summed E-state index contributed by atoms with van der Waals surface area (Å²) in [5.41, 5.74) is 2.32. The van der Waals surface area contributed by atoms with E-state index in [1.54, 1.807) is 4.52 Å². The molecule has 1 aromatic carbocycles. The van der Waals surface area contributed by atoms with Crippen LogP contribution in [-0.2, 0) is 9.53 Å². The number of hydrogen-bond acceptors (Lipinski definition) is 8. The number of aromatic nitrogens is 4. The summed E-state index contributed by atoms with van der Waals surface area (Å²) in [5, 5.41) is 19.0. The number of alkyl carbamates (subject to hydrolysis) is 1. The second kappa shape index (κ2) is 10.7. The zero-order chi connectivity index (χ0) is 25.0. The molecule has 2 aromatic heterocycles. The smallest absolute Gasteiger partial charge is 0.408 e. The van der Waals surface area contributed by atoms with Crippen LogP contribution in [0.4, 0.5) is 10.5 Å². The molecule has 0 aliphatic heterocycles. The van der Waals surface area contributed by atoms with Gasteiger partial charge in [-0.05, 0) is 64.2 Å². The maximum absolute atomic E-state index is 12.5. The van der Waals surface area contributed by atoms with Gasteiger partial charge < -0.3 is 15.4 Å². The van der Waals surface area contributed by atoms with Crippen LogP contribution in [0.15, 0.2) is 22.5 Å². The lowest BCUT2D eigenvalue weighted by atomic mass is 10.0. The second-order valence-electron chi connectivity index (χ2n) is 9.60. The van der Waals surface area contributed by atoms with Crippen LogP contribution in [0.3, 0.4) is 0 Å². The fourth-order valence-electron chi connectivity index (χ4n) is 3.22. The first kappa shape index (κ1) is 26.0. The molecule has 0 saturated carbocycles. The number of hydrogen-bond donors (Lipinski definition) is 2. The highest BCUT2D eigenvalue weighted by atomic mass is 32.2. The highest BCUT2D eigenvalue weighted by molar-refractivity contribution is 8.01. The first-order valence-corrected chi connectivity index (χ1v) is 12.9. The first-order valence-electron chi connectivity index (χ1n) is 11.1. The molecule has 0 bridgehead atoms. The number of nitrogens with zero attached hydrogens (tertiary/aromatic N) is 4. The Morgan fingerprint density at radius 3 is 2.62 bits per heavy atom. The number of nitrogens with one attached hydrogen (secondary N) is 2. The van der Waals surface area contributed by atoms with Gasteiger partial charge in [-0.25, -0.2) is 4.79 Å². The summed E-state index contributed by atoms with van der Waals surface area (Å²) in [4.78, 5) is 25.5. The lowest BCUT2D eigenvalue weighted by Gasteiger charge is -2.23. The van der Waals surface area contributed by atoms with E-state index >= 15 is 0 Å². The van der Waals surface area contributed by atoms with Crippen LogP contribution >= 0.6 is 23.1 Å². The van der Waals surface area contributed by atoms with Gasteiger partial charge in [-0.3, -0.25) is 4.79 Å². The molecule has 0 radical (unpaired) electrons. The Balaban J connectivity index is 1.70. The van der Waals surface area contributed by atoms with E-state index in [9.17, 15) is 9.59 Å². The second-order valence-corrected chi connectivity index (χ2v) is 11.8. The van der Waals surface area contributed by atoms with Crippen molar-refractivity contribution in [3.05, 3.63) is 35.2 Å². The number of rotatable bonds is 8. The number of thioether (sulfide) groups is 1. The van der Waals surface area contributed by atoms with Gasteiger partial charge in [0.15, 0.2) is 10.2 Å². The van der Waals surface area contributed by atoms with E-state index in [1.165, 1.54) is 23.1 Å². The molecule has 3 aromatic rings. The fourth-order valence-corrected chi connectivity index (χ4v) is 4.91. The molecule has 0 saturated heterocycles. The van der Waals surface area contributed by atoms with E-state index in [-0.39, 0.29) is 11.7 Å². The highest BCUT2D eigenvalue weighted by Crippen LogP contribution is 2.28. The van der Waals surface area contributed by atoms with E-state index < -0.39 is 17.7 Å². The number of carbonyl (C=O) groups excluding carboxylic acids is 2. The molecule has 0 fully saturated rings. The van der Waals surface area contributed by atoms with Crippen LogP contribution in [0.1, 0.15) is 64.0 Å². The average Bonchev–Trinajstić information content (AvgIpc) is 3.27. The number of ether oxygens (including phenoxy) is 1. The number of benzene rings is 1. The predicted octanol–water partition coefficient (Wildman–Crippen LogP) is 5.15. The van der Waals surface area contributed by atoms with Gasteiger partial charge in [-0.2, -0.15) is 4.52 Å². The summed E-state index contributed by atoms with van der Waals surface area (Å²) in [6, 6.07) is 5.56. The molecular weight excluding hydrogens is 472 g/mol. The Morgan fingerprint density at radius 1 is 1.21 bits per heavy atom. The minimum atomic E-state index is -0.603. The summed E-state index contributed by atoms with van der Waals surface area (Å²) in [7, 11) is 0. The average molecular weight is 505 g/mol. The van der Waals surface area contributed by atoms with Crippen molar-refractivity contribution in [2.24, 2.45) is 5.92 Å². The third-order valence-electron chi connectivity index (χ3n) is 4.70. The monoisotopic (exact) mass is 504 g/mol. The highest BCUT2D eigenvalue weighted by Gasteiger charge is 2.26. The maximum atomic E-state index is 12.5. The first-order chi connectivity index (χ1) is 15.9. The van der Waals surface area contributed by atoms with Crippen LogP contribution < -0.4 is 10.6 Å². The van der Waals surface area contributed by atoms with Gasteiger partial charge in [0.2, 0.25) is 10.9 Å². The normalized spacial score (nSPS) is 12.7. The van der Waals surface area contributed by atoms with Crippen molar-refractivity contribution < 1.29 is 14.3 Å². The van der Waals surface area contributed by atoms with Crippen molar-refractivity contribution in [1.82, 2.24) is 25.1 Å². The van der Waals surface area contributed by atoms with Crippen LogP contribution in [0.2, 0.25) is 0 Å². The van der Waals surface area contributed by atoms with E-state index in [0.717, 1.165) is 16.8 Å². The van der Waals surface area contributed by atoms with E-state index in [4.69, 9.17) is 4.74 Å². The Hall–Kier alpha value is -2.66. The Morgan fingerprint density at radius 2 is 1.94 bits per heavy atom. The van der Waals surface area contributed by atoms with Crippen molar-refractivity contribution in [1.29, 1.82) is 0 Å². The SMILES string of the molecule is Cc1ccc(C)c(NC(=O)CSc2nn3c(C(CC(C)C)NC(=O)OC(C)(C)C)nnc3s2)c1. The maximum Gasteiger partial charge on any atom is 0.408 e. The summed E-state index contributed by atoms with van der Waals surface area (Å²) in [6.07, 6.45) is 0.140. The van der Waals surface area contributed by atoms with E-state index in [0.29, 0.717) is 27.5 Å². The topological polar surface area (TPSA) is 111 Å². The lowest BCUT2D eigenvalue weighted by molar-refractivity contribution is -0.113. The molecule has 9 nitrogen and oxygen atoms in total. The van der Waals surface area contributed by atoms with Crippen LogP contribution in [-0.4, -0.2) is 43.2 Å². The lowest BCUT2D eigenvalue weighted by Crippen LogP contribution is -2.36. The summed E-state index contributed by atoms with van der Waals surface area (Å²) in [6.45, 7) is 13.5. The molecule has 0 aliphatic rings. The number of carbonyl (C=O) groups is 2. The third kappa shape index (κ3) is 7.17. The van der Waals surface area contributed by atoms with Crippen molar-refractivity contribution >= 4 is 45.7 Å². The predicted molar refractivity (Wildman–Crippen MR) is 135 cm³/mol. The largest absolute Gasteiger partial charge is 0.444 e. The van der Waals surface area contributed by atoms with E-state index in [2.05, 4.69) is 39.8 Å². The summed E-state index contributed by atoms with van der Waals surface area (Å²) in [5.74, 6) is 0.957. The standard InChI is InChI=1S/C23H32N6O3S2/c1-13(2)10-17(25-21(31)32-23(5,6)7)19-26-27-20-29(19)28-22(34-20)33-12-18(30)24-16-11-14(3)8-9-15(16)4/h8-9,11,13,17H,10,12H2,1-7H3,(H,24,30)(H,25,31). The van der Waals surface area contributed by atoms with Gasteiger partial charge in [-0.15, -0.1) is 15.3 Å². The molecule has 2 N–H and O–H groups in total. The van der Waals surface area contributed by atoms with Crippen LogP contribution in [0, 0.1) is 19.8 Å². The van der Waals surface area contributed by atoms with Crippen LogP contribution in [0.25, 0.3) is 4.96 Å². The summed E-state index contributed by atoms with van der Waals surface area (Å²) < 4.78 is 7.76. The van der Waals surface area contributed by atoms with Crippen molar-refractivity contribution in [2.75, 3.05) is 11.1 Å². The van der Waals surface area contributed by atoms with Gasteiger partial charge in [0, 0.05) is 5.69 Å². The van der Waals surface area contributed by atoms with Crippen LogP contribution in [0.5, 0.6) is 0 Å². The number of fused-ring (bicyclic) bond motifs is 1. The number of aryl methyl sites for hydroxylation is 2. The van der Waals surface area contributed by atoms with Gasteiger partial charge in [0.05, 0.1) is 11.8 Å². The molecular formula is C23H32N6O3S2. The minimum Gasteiger partial charge on any atom is -0.444 e. The third-order valence-corrected chi connectivity index (χ3v) is 6.73. The molecule has 1 atom stereocenters. The molecule has 3 rings (SSSR count). The fraction of sp³-hybridized carbons (Fsp3) is 0.522. The quantitative estimate of drug-likeness (QED) is 0.408. The molecule has 2 heterocycles. The molecule has 184 valence electrons. The molecule has 0 spiro atoms.